The maximum Gasteiger partial charge on any atom is 0.308 e. The first-order valence-corrected chi connectivity index (χ1v) is 14.2. The number of hydrogen-bond acceptors (Lipinski definition) is 7. The zero-order chi connectivity index (χ0) is 28.2. The number of amides is 1. The summed E-state index contributed by atoms with van der Waals surface area (Å²) >= 11 is 7.31. The Balaban J connectivity index is 1.42. The SMILES string of the molecule is COc1ccc(-c2ccc(C(CN3CCOCC3)N(C)C(=O)Cn3c(=O)sc4ccc(Cl)cc43)cc2)cc1OC. The predicted molar refractivity (Wildman–Crippen MR) is 159 cm³/mol. The first-order chi connectivity index (χ1) is 19.4. The van der Waals surface area contributed by atoms with Crippen LogP contribution in [0.5, 0.6) is 11.5 Å². The molecule has 1 unspecified atom stereocenters. The monoisotopic (exact) mass is 581 g/mol. The number of likely N-dealkylation sites (N-methyl/N-ethyl adjacent to an activating group) is 1. The lowest BCUT2D eigenvalue weighted by Gasteiger charge is -2.35. The molecule has 1 aliphatic heterocycles. The third kappa shape index (κ3) is 6.02. The van der Waals surface area contributed by atoms with Gasteiger partial charge in [0.05, 0.1) is 43.7 Å². The molecule has 5 rings (SSSR count). The number of benzene rings is 3. The van der Waals surface area contributed by atoms with Crippen LogP contribution in [0.25, 0.3) is 21.3 Å². The second kappa shape index (κ2) is 12.4. The van der Waals surface area contributed by atoms with Crippen molar-refractivity contribution in [3.8, 4) is 22.6 Å². The van der Waals surface area contributed by atoms with Crippen LogP contribution >= 0.6 is 22.9 Å². The summed E-state index contributed by atoms with van der Waals surface area (Å²) in [7, 11) is 5.04. The van der Waals surface area contributed by atoms with Crippen LogP contribution in [-0.4, -0.2) is 74.4 Å². The Hall–Kier alpha value is -3.37. The van der Waals surface area contributed by atoms with Crippen LogP contribution in [0.15, 0.2) is 65.5 Å². The van der Waals surface area contributed by atoms with Gasteiger partial charge in [0.2, 0.25) is 5.91 Å². The molecule has 1 aromatic heterocycles. The summed E-state index contributed by atoms with van der Waals surface area (Å²) < 4.78 is 18.7. The summed E-state index contributed by atoms with van der Waals surface area (Å²) in [6.07, 6.45) is 0. The normalized spacial score (nSPS) is 14.7. The average molecular weight is 582 g/mol. The number of ether oxygens (including phenoxy) is 3. The standard InChI is InChI=1S/C30H32ClN3O5S/c1-32(29(35)19-34-24-17-23(31)9-11-28(24)40-30(34)36)25(18-33-12-14-39-15-13-33)21-6-4-20(5-7-21)22-8-10-26(37-2)27(16-22)38-3/h4-11,16-17,25H,12-15,18-19H2,1-3H3. The number of carbonyl (C=O) groups excluding carboxylic acids is 1. The molecule has 2 heterocycles. The first-order valence-electron chi connectivity index (χ1n) is 13.0. The van der Waals surface area contributed by atoms with Gasteiger partial charge in [-0.3, -0.25) is 19.1 Å². The molecule has 4 aromatic rings. The molecule has 0 spiro atoms. The van der Waals surface area contributed by atoms with Gasteiger partial charge in [-0.05, 0) is 47.0 Å². The lowest BCUT2D eigenvalue weighted by Crippen LogP contribution is -2.44. The minimum atomic E-state index is -0.214. The molecule has 1 amide bonds. The summed E-state index contributed by atoms with van der Waals surface area (Å²) in [6.45, 7) is 3.54. The van der Waals surface area contributed by atoms with Gasteiger partial charge < -0.3 is 19.1 Å². The van der Waals surface area contributed by atoms with E-state index in [4.69, 9.17) is 25.8 Å². The molecular formula is C30H32ClN3O5S. The Morgan fingerprint density at radius 1 is 1.00 bits per heavy atom. The lowest BCUT2D eigenvalue weighted by atomic mass is 9.99. The minimum Gasteiger partial charge on any atom is -0.493 e. The largest absolute Gasteiger partial charge is 0.493 e. The summed E-state index contributed by atoms with van der Waals surface area (Å²) in [4.78, 5) is 30.3. The quantitative estimate of drug-likeness (QED) is 0.279. The summed E-state index contributed by atoms with van der Waals surface area (Å²) in [5.74, 6) is 1.19. The number of morpholine rings is 1. The molecule has 1 aliphatic rings. The van der Waals surface area contributed by atoms with Crippen molar-refractivity contribution in [1.29, 1.82) is 0 Å². The molecule has 1 fully saturated rings. The van der Waals surface area contributed by atoms with Crippen LogP contribution in [0.2, 0.25) is 5.02 Å². The predicted octanol–water partition coefficient (Wildman–Crippen LogP) is 4.93. The number of carbonyl (C=O) groups is 1. The molecule has 40 heavy (non-hydrogen) atoms. The molecule has 8 nitrogen and oxygen atoms in total. The molecule has 0 radical (unpaired) electrons. The third-order valence-corrected chi connectivity index (χ3v) is 8.53. The van der Waals surface area contributed by atoms with E-state index in [0.29, 0.717) is 41.8 Å². The van der Waals surface area contributed by atoms with Crippen molar-refractivity contribution in [3.63, 3.8) is 0 Å². The maximum absolute atomic E-state index is 13.6. The molecule has 210 valence electrons. The zero-order valence-electron chi connectivity index (χ0n) is 22.8. The molecule has 0 aliphatic carbocycles. The lowest BCUT2D eigenvalue weighted by molar-refractivity contribution is -0.133. The smallest absolute Gasteiger partial charge is 0.308 e. The molecule has 0 saturated carbocycles. The number of rotatable bonds is 9. The summed E-state index contributed by atoms with van der Waals surface area (Å²) in [5, 5.41) is 0.527. The van der Waals surface area contributed by atoms with E-state index in [1.165, 1.54) is 4.57 Å². The fourth-order valence-corrected chi connectivity index (χ4v) is 6.04. The van der Waals surface area contributed by atoms with Gasteiger partial charge in [-0.2, -0.15) is 0 Å². The van der Waals surface area contributed by atoms with Crippen LogP contribution < -0.4 is 14.3 Å². The van der Waals surface area contributed by atoms with Crippen molar-refractivity contribution in [2.45, 2.75) is 12.6 Å². The Morgan fingerprint density at radius 3 is 2.40 bits per heavy atom. The van der Waals surface area contributed by atoms with Crippen LogP contribution in [0.3, 0.4) is 0 Å². The van der Waals surface area contributed by atoms with Gasteiger partial charge in [-0.1, -0.05) is 53.3 Å². The van der Waals surface area contributed by atoms with Gasteiger partial charge >= 0.3 is 4.87 Å². The molecule has 10 heteroatoms. The van der Waals surface area contributed by atoms with E-state index in [0.717, 1.165) is 45.8 Å². The Morgan fingerprint density at radius 2 is 1.70 bits per heavy atom. The van der Waals surface area contributed by atoms with Gasteiger partial charge in [-0.25, -0.2) is 0 Å². The van der Waals surface area contributed by atoms with E-state index < -0.39 is 0 Å². The highest BCUT2D eigenvalue weighted by molar-refractivity contribution is 7.16. The first kappa shape index (κ1) is 28.2. The van der Waals surface area contributed by atoms with Crippen molar-refractivity contribution in [2.75, 3.05) is 54.1 Å². The maximum atomic E-state index is 13.6. The topological polar surface area (TPSA) is 73.2 Å². The fraction of sp³-hybridized carbons (Fsp3) is 0.333. The number of thiazole rings is 1. The van der Waals surface area contributed by atoms with Crippen molar-refractivity contribution < 1.29 is 19.0 Å². The van der Waals surface area contributed by atoms with Crippen molar-refractivity contribution in [2.24, 2.45) is 0 Å². The number of hydrogen-bond donors (Lipinski definition) is 0. The highest BCUT2D eigenvalue weighted by Crippen LogP contribution is 2.33. The van der Waals surface area contributed by atoms with Crippen LogP contribution in [0.1, 0.15) is 11.6 Å². The highest BCUT2D eigenvalue weighted by atomic mass is 35.5. The van der Waals surface area contributed by atoms with Gasteiger partial charge in [0.1, 0.15) is 6.54 Å². The third-order valence-electron chi connectivity index (χ3n) is 7.33. The summed E-state index contributed by atoms with van der Waals surface area (Å²) in [6, 6.07) is 19.2. The minimum absolute atomic E-state index is 0.0565. The van der Waals surface area contributed by atoms with Crippen LogP contribution in [-0.2, 0) is 16.1 Å². The van der Waals surface area contributed by atoms with Gasteiger partial charge in [0.15, 0.2) is 11.5 Å². The number of nitrogens with zero attached hydrogens (tertiary/aromatic N) is 3. The molecule has 0 bridgehead atoms. The fourth-order valence-electron chi connectivity index (χ4n) is 5.00. The van der Waals surface area contributed by atoms with E-state index in [2.05, 4.69) is 29.2 Å². The van der Waals surface area contributed by atoms with Crippen molar-refractivity contribution >= 4 is 39.1 Å². The summed E-state index contributed by atoms with van der Waals surface area (Å²) in [5.41, 5.74) is 3.71. The van der Waals surface area contributed by atoms with Crippen LogP contribution in [0.4, 0.5) is 0 Å². The van der Waals surface area contributed by atoms with Gasteiger partial charge in [0, 0.05) is 31.7 Å². The average Bonchev–Trinajstić information content (AvgIpc) is 3.29. The second-order valence-electron chi connectivity index (χ2n) is 9.69. The number of aromatic nitrogens is 1. The Bertz CT molecular complexity index is 1550. The van der Waals surface area contributed by atoms with Crippen molar-refractivity contribution in [1.82, 2.24) is 14.4 Å². The Kier molecular flexibility index (Phi) is 8.75. The van der Waals surface area contributed by atoms with Crippen molar-refractivity contribution in [3.05, 3.63) is 80.9 Å². The molecule has 3 aromatic carbocycles. The van der Waals surface area contributed by atoms with E-state index in [9.17, 15) is 9.59 Å². The van der Waals surface area contributed by atoms with Gasteiger partial charge in [-0.15, -0.1) is 0 Å². The molecule has 0 N–H and O–H groups in total. The number of methoxy groups -OCH3 is 2. The van der Waals surface area contributed by atoms with E-state index >= 15 is 0 Å². The molecule has 1 saturated heterocycles. The van der Waals surface area contributed by atoms with E-state index in [1.807, 2.05) is 31.3 Å². The van der Waals surface area contributed by atoms with Gasteiger partial charge in [0.25, 0.3) is 0 Å². The van der Waals surface area contributed by atoms with E-state index in [1.54, 1.807) is 31.3 Å². The van der Waals surface area contributed by atoms with E-state index in [-0.39, 0.29) is 23.4 Å². The van der Waals surface area contributed by atoms with Crippen LogP contribution in [0, 0.1) is 0 Å². The molecule has 1 atom stereocenters. The molecular weight excluding hydrogens is 550 g/mol. The number of halogens is 1. The highest BCUT2D eigenvalue weighted by Gasteiger charge is 2.26. The zero-order valence-corrected chi connectivity index (χ0v) is 24.3. The second-order valence-corrected chi connectivity index (χ2v) is 11.1. The Labute approximate surface area is 242 Å². The number of fused-ring (bicyclic) bond motifs is 1.